The highest BCUT2D eigenvalue weighted by atomic mass is 35.5. The van der Waals surface area contributed by atoms with Gasteiger partial charge in [-0.25, -0.2) is 0 Å². The number of ether oxygens (including phenoxy) is 2. The van der Waals surface area contributed by atoms with Gasteiger partial charge in [-0.1, -0.05) is 23.7 Å². The van der Waals surface area contributed by atoms with Crippen molar-refractivity contribution in [3.63, 3.8) is 0 Å². The number of amides is 1. The van der Waals surface area contributed by atoms with Crippen LogP contribution in [0.15, 0.2) is 54.1 Å². The Bertz CT molecular complexity index is 1080. The van der Waals surface area contributed by atoms with Gasteiger partial charge in [-0.05, 0) is 55.8 Å². The maximum atomic E-state index is 13.2. The quantitative estimate of drug-likeness (QED) is 0.365. The van der Waals surface area contributed by atoms with Crippen molar-refractivity contribution in [3.8, 4) is 5.75 Å². The molecule has 1 unspecified atom stereocenters. The normalized spacial score (nSPS) is 20.8. The van der Waals surface area contributed by atoms with Crippen molar-refractivity contribution in [2.75, 3.05) is 39.4 Å². The van der Waals surface area contributed by atoms with Crippen molar-refractivity contribution >= 4 is 29.1 Å². The van der Waals surface area contributed by atoms with Gasteiger partial charge >= 0.3 is 0 Å². The SMILES string of the molecule is CC(C)Oc1ccc(/C(O)=C2\C(=O)C(=O)N(CCN3CCOCC3)C2c2cccc(Cl)c2)cc1. The summed E-state index contributed by atoms with van der Waals surface area (Å²) in [7, 11) is 0. The molecule has 1 amide bonds. The Balaban J connectivity index is 1.70. The highest BCUT2D eigenvalue weighted by molar-refractivity contribution is 6.46. The van der Waals surface area contributed by atoms with Gasteiger partial charge in [0.25, 0.3) is 11.7 Å². The van der Waals surface area contributed by atoms with Crippen LogP contribution in [0, 0.1) is 0 Å². The molecule has 180 valence electrons. The standard InChI is InChI=1S/C26H29ClN2O5/c1-17(2)34-21-8-6-18(7-9-21)24(30)22-23(19-4-3-5-20(27)16-19)29(26(32)25(22)31)11-10-28-12-14-33-15-13-28/h3-9,16-17,23,30H,10-15H2,1-2H3/b24-22+. The number of rotatable bonds is 7. The van der Waals surface area contributed by atoms with Crippen LogP contribution in [-0.4, -0.2) is 72.1 Å². The average Bonchev–Trinajstić information content (AvgIpc) is 3.08. The second-order valence-corrected chi connectivity index (χ2v) is 9.13. The van der Waals surface area contributed by atoms with Gasteiger partial charge in [0.2, 0.25) is 0 Å². The number of aliphatic hydroxyl groups excluding tert-OH is 1. The summed E-state index contributed by atoms with van der Waals surface area (Å²) in [6.07, 6.45) is 0.0130. The van der Waals surface area contributed by atoms with Gasteiger partial charge in [-0.2, -0.15) is 0 Å². The molecule has 2 aliphatic rings. The molecular weight excluding hydrogens is 456 g/mol. The van der Waals surface area contributed by atoms with Crippen LogP contribution in [0.3, 0.4) is 0 Å². The van der Waals surface area contributed by atoms with Crippen LogP contribution in [0.4, 0.5) is 0 Å². The van der Waals surface area contributed by atoms with Crippen LogP contribution in [0.25, 0.3) is 5.76 Å². The molecule has 0 saturated carbocycles. The third kappa shape index (κ3) is 5.27. The number of hydrogen-bond donors (Lipinski definition) is 1. The van der Waals surface area contributed by atoms with Crippen LogP contribution in [0.2, 0.25) is 5.02 Å². The fourth-order valence-electron chi connectivity index (χ4n) is 4.33. The van der Waals surface area contributed by atoms with E-state index in [1.54, 1.807) is 42.5 Å². The molecule has 1 N–H and O–H groups in total. The molecule has 7 nitrogen and oxygen atoms in total. The van der Waals surface area contributed by atoms with Crippen LogP contribution in [0.5, 0.6) is 5.75 Å². The molecule has 2 aromatic carbocycles. The Morgan fingerprint density at radius 1 is 1.12 bits per heavy atom. The molecule has 2 saturated heterocycles. The lowest BCUT2D eigenvalue weighted by Gasteiger charge is -2.31. The highest BCUT2D eigenvalue weighted by Crippen LogP contribution is 2.40. The zero-order valence-electron chi connectivity index (χ0n) is 19.4. The van der Waals surface area contributed by atoms with E-state index in [0.29, 0.717) is 48.2 Å². The Hall–Kier alpha value is -2.87. The first kappa shape index (κ1) is 24.3. The third-order valence-electron chi connectivity index (χ3n) is 5.96. The topological polar surface area (TPSA) is 79.3 Å². The molecule has 1 atom stereocenters. The summed E-state index contributed by atoms with van der Waals surface area (Å²) in [5.74, 6) is -0.885. The number of hydrogen-bond acceptors (Lipinski definition) is 6. The second-order valence-electron chi connectivity index (χ2n) is 8.69. The predicted molar refractivity (Wildman–Crippen MR) is 130 cm³/mol. The molecule has 2 fully saturated rings. The fourth-order valence-corrected chi connectivity index (χ4v) is 4.53. The number of likely N-dealkylation sites (tertiary alicyclic amines) is 1. The molecule has 0 bridgehead atoms. The van der Waals surface area contributed by atoms with Crippen LogP contribution in [0.1, 0.15) is 31.0 Å². The second kappa shape index (κ2) is 10.6. The third-order valence-corrected chi connectivity index (χ3v) is 6.20. The number of nitrogens with zero attached hydrogens (tertiary/aromatic N) is 2. The van der Waals surface area contributed by atoms with E-state index in [9.17, 15) is 14.7 Å². The van der Waals surface area contributed by atoms with Crippen LogP contribution in [-0.2, 0) is 14.3 Å². The summed E-state index contributed by atoms with van der Waals surface area (Å²) < 4.78 is 11.1. The first-order chi connectivity index (χ1) is 16.3. The molecule has 0 spiro atoms. The Morgan fingerprint density at radius 3 is 2.47 bits per heavy atom. The van der Waals surface area contributed by atoms with Crippen molar-refractivity contribution in [3.05, 3.63) is 70.3 Å². The molecule has 0 radical (unpaired) electrons. The fraction of sp³-hybridized carbons (Fsp3) is 0.385. The van der Waals surface area contributed by atoms with Gasteiger partial charge in [-0.3, -0.25) is 14.5 Å². The number of Topliss-reactive ketones (excluding diaryl/α,β-unsaturated/α-hetero) is 1. The lowest BCUT2D eigenvalue weighted by Crippen LogP contribution is -2.42. The molecule has 2 aromatic rings. The van der Waals surface area contributed by atoms with Crippen molar-refractivity contribution in [1.82, 2.24) is 9.80 Å². The number of benzene rings is 2. The molecule has 0 aliphatic carbocycles. The highest BCUT2D eigenvalue weighted by Gasteiger charge is 2.46. The minimum Gasteiger partial charge on any atom is -0.507 e. The summed E-state index contributed by atoms with van der Waals surface area (Å²) in [5.41, 5.74) is 1.18. The van der Waals surface area contributed by atoms with Gasteiger partial charge in [0, 0.05) is 36.8 Å². The van der Waals surface area contributed by atoms with E-state index >= 15 is 0 Å². The molecule has 4 rings (SSSR count). The lowest BCUT2D eigenvalue weighted by atomic mass is 9.95. The zero-order valence-corrected chi connectivity index (χ0v) is 20.1. The van der Waals surface area contributed by atoms with Crippen molar-refractivity contribution in [1.29, 1.82) is 0 Å². The van der Waals surface area contributed by atoms with E-state index in [2.05, 4.69) is 4.90 Å². The number of aliphatic hydroxyl groups is 1. The van der Waals surface area contributed by atoms with Crippen molar-refractivity contribution < 1.29 is 24.2 Å². The molecule has 8 heteroatoms. The van der Waals surface area contributed by atoms with Gasteiger partial charge < -0.3 is 19.5 Å². The summed E-state index contributed by atoms with van der Waals surface area (Å²) in [6, 6.07) is 13.2. The largest absolute Gasteiger partial charge is 0.507 e. The van der Waals surface area contributed by atoms with Gasteiger partial charge in [0.05, 0.1) is 30.9 Å². The van der Waals surface area contributed by atoms with Gasteiger partial charge in [-0.15, -0.1) is 0 Å². The first-order valence-corrected chi connectivity index (χ1v) is 11.8. The molecular formula is C26H29ClN2O5. The summed E-state index contributed by atoms with van der Waals surface area (Å²) in [4.78, 5) is 30.0. The lowest BCUT2D eigenvalue weighted by molar-refractivity contribution is -0.140. The van der Waals surface area contributed by atoms with E-state index in [-0.39, 0.29) is 17.4 Å². The summed E-state index contributed by atoms with van der Waals surface area (Å²) in [5, 5.41) is 11.7. The molecule has 2 heterocycles. The maximum Gasteiger partial charge on any atom is 0.295 e. The Kier molecular flexibility index (Phi) is 7.56. The Labute approximate surface area is 204 Å². The van der Waals surface area contributed by atoms with E-state index in [1.807, 2.05) is 19.9 Å². The number of ketones is 1. The van der Waals surface area contributed by atoms with Crippen LogP contribution >= 0.6 is 11.6 Å². The Morgan fingerprint density at radius 2 is 1.82 bits per heavy atom. The first-order valence-electron chi connectivity index (χ1n) is 11.5. The van der Waals surface area contributed by atoms with Crippen molar-refractivity contribution in [2.45, 2.75) is 26.0 Å². The maximum absolute atomic E-state index is 13.2. The monoisotopic (exact) mass is 484 g/mol. The molecule has 0 aromatic heterocycles. The average molecular weight is 485 g/mol. The van der Waals surface area contributed by atoms with E-state index < -0.39 is 17.7 Å². The van der Waals surface area contributed by atoms with Gasteiger partial charge in [0.15, 0.2) is 0 Å². The molecule has 34 heavy (non-hydrogen) atoms. The zero-order chi connectivity index (χ0) is 24.2. The van der Waals surface area contributed by atoms with Crippen molar-refractivity contribution in [2.24, 2.45) is 0 Å². The molecule has 2 aliphatic heterocycles. The van der Waals surface area contributed by atoms with E-state index in [1.165, 1.54) is 4.90 Å². The number of halogens is 1. The van der Waals surface area contributed by atoms with E-state index in [4.69, 9.17) is 21.1 Å². The minimum absolute atomic E-state index is 0.0130. The smallest absolute Gasteiger partial charge is 0.295 e. The van der Waals surface area contributed by atoms with E-state index in [0.717, 1.165) is 13.1 Å². The summed E-state index contributed by atoms with van der Waals surface area (Å²) >= 11 is 6.24. The summed E-state index contributed by atoms with van der Waals surface area (Å²) in [6.45, 7) is 7.65. The van der Waals surface area contributed by atoms with Gasteiger partial charge in [0.1, 0.15) is 11.5 Å². The predicted octanol–water partition coefficient (Wildman–Crippen LogP) is 3.88. The number of carbonyl (C=O) groups is 2. The number of morpholine rings is 1. The minimum atomic E-state index is -0.730. The van der Waals surface area contributed by atoms with Crippen LogP contribution < -0.4 is 4.74 Å². The number of carbonyl (C=O) groups excluding carboxylic acids is 2.